The highest BCUT2D eigenvalue weighted by Crippen LogP contribution is 2.26. The fraction of sp³-hybridized carbons (Fsp3) is 0.250. The van der Waals surface area contributed by atoms with Crippen molar-refractivity contribution in [2.45, 2.75) is 37.6 Å². The molecule has 0 atom stereocenters. The molecule has 0 fully saturated rings. The molecule has 1 heterocycles. The summed E-state index contributed by atoms with van der Waals surface area (Å²) in [6, 6.07) is 12.1. The molecule has 0 aliphatic heterocycles. The van der Waals surface area contributed by atoms with E-state index in [-0.39, 0.29) is 15.7 Å². The van der Waals surface area contributed by atoms with Crippen LogP contribution in [0, 0.1) is 0 Å². The molecule has 1 aromatic heterocycles. The predicted molar refractivity (Wildman–Crippen MR) is 119 cm³/mol. The lowest BCUT2D eigenvalue weighted by Crippen LogP contribution is -2.14. The highest BCUT2D eigenvalue weighted by molar-refractivity contribution is 7.92. The lowest BCUT2D eigenvalue weighted by atomic mass is 10.1. The Morgan fingerprint density at radius 1 is 0.966 bits per heavy atom. The van der Waals surface area contributed by atoms with Crippen molar-refractivity contribution in [1.29, 1.82) is 0 Å². The van der Waals surface area contributed by atoms with E-state index in [1.54, 1.807) is 30.5 Å². The molecule has 154 valence electrons. The lowest BCUT2D eigenvalue weighted by molar-refractivity contribution is 0.600. The number of aromatic nitrogens is 2. The van der Waals surface area contributed by atoms with E-state index in [2.05, 4.69) is 16.7 Å². The summed E-state index contributed by atoms with van der Waals surface area (Å²) in [6.45, 7) is 2.48. The van der Waals surface area contributed by atoms with E-state index in [0.717, 1.165) is 30.4 Å². The van der Waals surface area contributed by atoms with Crippen molar-refractivity contribution < 1.29 is 8.42 Å². The molecule has 0 aliphatic rings. The van der Waals surface area contributed by atoms with Crippen molar-refractivity contribution >= 4 is 50.6 Å². The van der Waals surface area contributed by atoms with Crippen molar-refractivity contribution in [3.63, 3.8) is 0 Å². The minimum Gasteiger partial charge on any atom is -0.265 e. The van der Waals surface area contributed by atoms with Gasteiger partial charge in [0.25, 0.3) is 10.0 Å². The Bertz CT molecular complexity index is 1100. The Hall–Kier alpha value is -1.73. The molecule has 0 unspecified atom stereocenters. The second kappa shape index (κ2) is 9.39. The molecule has 2 aromatic carbocycles. The van der Waals surface area contributed by atoms with Crippen molar-refractivity contribution in [1.82, 2.24) is 9.78 Å². The maximum absolute atomic E-state index is 12.7. The Morgan fingerprint density at radius 3 is 2.31 bits per heavy atom. The molecule has 0 aliphatic carbocycles. The van der Waals surface area contributed by atoms with Gasteiger partial charge in [-0.1, -0.05) is 66.3 Å². The largest absolute Gasteiger partial charge is 0.265 e. The van der Waals surface area contributed by atoms with E-state index in [4.69, 9.17) is 34.8 Å². The summed E-state index contributed by atoms with van der Waals surface area (Å²) < 4.78 is 29.3. The van der Waals surface area contributed by atoms with Crippen LogP contribution >= 0.6 is 34.8 Å². The molecule has 0 saturated heterocycles. The Balaban J connectivity index is 1.74. The molecule has 1 N–H and O–H groups in total. The van der Waals surface area contributed by atoms with Crippen LogP contribution in [0.5, 0.6) is 0 Å². The van der Waals surface area contributed by atoms with Crippen LogP contribution < -0.4 is 4.72 Å². The van der Waals surface area contributed by atoms with Gasteiger partial charge in [0.05, 0.1) is 21.5 Å². The monoisotopic (exact) mass is 471 g/mol. The van der Waals surface area contributed by atoms with E-state index >= 15 is 0 Å². The number of anilines is 1. The van der Waals surface area contributed by atoms with Crippen molar-refractivity contribution in [3.05, 3.63) is 74.9 Å². The molecular weight excluding hydrogens is 453 g/mol. The van der Waals surface area contributed by atoms with Crippen molar-refractivity contribution in [2.75, 3.05) is 4.72 Å². The second-order valence-electron chi connectivity index (χ2n) is 6.62. The number of nitrogens with zero attached hydrogens (tertiary/aromatic N) is 2. The fourth-order valence-electron chi connectivity index (χ4n) is 2.77. The van der Waals surface area contributed by atoms with Crippen LogP contribution in [0.4, 0.5) is 5.82 Å². The SMILES string of the molecule is CCCCc1ccc(S(=O)(=O)Nc2nn(Cc3ccc(Cl)c(Cl)c3)cc2Cl)cc1. The third kappa shape index (κ3) is 5.66. The first-order valence-electron chi connectivity index (χ1n) is 9.07. The Kier molecular flexibility index (Phi) is 7.11. The van der Waals surface area contributed by atoms with Crippen molar-refractivity contribution in [3.8, 4) is 0 Å². The average molecular weight is 473 g/mol. The number of unbranched alkanes of at least 4 members (excludes halogenated alkanes) is 1. The van der Waals surface area contributed by atoms with Gasteiger partial charge in [-0.15, -0.1) is 0 Å². The van der Waals surface area contributed by atoms with E-state index in [0.29, 0.717) is 16.6 Å². The summed E-state index contributed by atoms with van der Waals surface area (Å²) in [5, 5.41) is 5.34. The molecule has 0 saturated carbocycles. The molecule has 5 nitrogen and oxygen atoms in total. The molecule has 9 heteroatoms. The number of rotatable bonds is 8. The average Bonchev–Trinajstić information content (AvgIpc) is 3.01. The fourth-order valence-corrected chi connectivity index (χ4v) is 4.37. The number of hydrogen-bond donors (Lipinski definition) is 1. The number of sulfonamides is 1. The summed E-state index contributed by atoms with van der Waals surface area (Å²) in [6.07, 6.45) is 4.63. The maximum atomic E-state index is 12.7. The number of halogens is 3. The quantitative estimate of drug-likeness (QED) is 0.435. The predicted octanol–water partition coefficient (Wildman–Crippen LogP) is 6.04. The third-order valence-corrected chi connectivity index (χ3v) is 6.70. The van der Waals surface area contributed by atoms with E-state index in [1.807, 2.05) is 18.2 Å². The number of hydrogen-bond acceptors (Lipinski definition) is 3. The highest BCUT2D eigenvalue weighted by atomic mass is 35.5. The van der Waals surface area contributed by atoms with Crippen LogP contribution in [-0.4, -0.2) is 18.2 Å². The smallest absolute Gasteiger partial charge is 0.263 e. The first kappa shape index (κ1) is 22.0. The zero-order chi connectivity index (χ0) is 21.0. The second-order valence-corrected chi connectivity index (χ2v) is 9.53. The molecule has 0 bridgehead atoms. The van der Waals surface area contributed by atoms with Crippen LogP contribution in [0.1, 0.15) is 30.9 Å². The molecule has 0 amide bonds. The first-order valence-corrected chi connectivity index (χ1v) is 11.7. The van der Waals surface area contributed by atoms with E-state index in [9.17, 15) is 8.42 Å². The third-order valence-electron chi connectivity index (χ3n) is 4.33. The molecule has 0 radical (unpaired) electrons. The lowest BCUT2D eigenvalue weighted by Gasteiger charge is -2.07. The maximum Gasteiger partial charge on any atom is 0.263 e. The number of aryl methyl sites for hydroxylation is 1. The number of benzene rings is 2. The van der Waals surface area contributed by atoms with Gasteiger partial charge in [0.1, 0.15) is 5.02 Å². The van der Waals surface area contributed by atoms with Gasteiger partial charge in [-0.3, -0.25) is 9.40 Å². The minimum absolute atomic E-state index is 0.0711. The summed E-state index contributed by atoms with van der Waals surface area (Å²) in [5.41, 5.74) is 1.96. The minimum atomic E-state index is -3.79. The van der Waals surface area contributed by atoms with Gasteiger partial charge in [-0.05, 0) is 48.2 Å². The zero-order valence-electron chi connectivity index (χ0n) is 15.7. The molecule has 3 rings (SSSR count). The van der Waals surface area contributed by atoms with Crippen LogP contribution in [0.2, 0.25) is 15.1 Å². The Labute approximate surface area is 185 Å². The standard InChI is InChI=1S/C20H20Cl3N3O2S/c1-2-3-4-14-5-8-16(9-6-14)29(27,28)25-20-19(23)13-26(24-20)12-15-7-10-17(21)18(22)11-15/h5-11,13H,2-4,12H2,1H3,(H,24,25). The Morgan fingerprint density at radius 2 is 1.66 bits per heavy atom. The van der Waals surface area contributed by atoms with Crippen LogP contribution in [0.25, 0.3) is 0 Å². The van der Waals surface area contributed by atoms with Crippen molar-refractivity contribution in [2.24, 2.45) is 0 Å². The molecular formula is C20H20Cl3N3O2S. The molecule has 0 spiro atoms. The highest BCUT2D eigenvalue weighted by Gasteiger charge is 2.18. The van der Waals surface area contributed by atoms with Crippen LogP contribution in [0.15, 0.2) is 53.6 Å². The summed E-state index contributed by atoms with van der Waals surface area (Å²) in [4.78, 5) is 0.160. The van der Waals surface area contributed by atoms with Crippen LogP contribution in [0.3, 0.4) is 0 Å². The van der Waals surface area contributed by atoms with Gasteiger partial charge in [0.2, 0.25) is 0 Å². The van der Waals surface area contributed by atoms with Gasteiger partial charge < -0.3 is 0 Å². The van der Waals surface area contributed by atoms with Crippen LogP contribution in [-0.2, 0) is 23.0 Å². The molecule has 3 aromatic rings. The zero-order valence-corrected chi connectivity index (χ0v) is 18.8. The van der Waals surface area contributed by atoms with Gasteiger partial charge in [0, 0.05) is 6.20 Å². The summed E-state index contributed by atoms with van der Waals surface area (Å²) >= 11 is 18.1. The normalized spacial score (nSPS) is 11.6. The summed E-state index contributed by atoms with van der Waals surface area (Å²) in [7, 11) is -3.79. The van der Waals surface area contributed by atoms with E-state index in [1.165, 1.54) is 4.68 Å². The molecule has 29 heavy (non-hydrogen) atoms. The van der Waals surface area contributed by atoms with Gasteiger partial charge in [-0.25, -0.2) is 8.42 Å². The van der Waals surface area contributed by atoms with Gasteiger partial charge in [-0.2, -0.15) is 5.10 Å². The topological polar surface area (TPSA) is 64.0 Å². The first-order chi connectivity index (χ1) is 13.8. The number of nitrogens with one attached hydrogen (secondary N) is 1. The van der Waals surface area contributed by atoms with Gasteiger partial charge in [0.15, 0.2) is 5.82 Å². The van der Waals surface area contributed by atoms with E-state index < -0.39 is 10.0 Å². The summed E-state index contributed by atoms with van der Waals surface area (Å²) in [5.74, 6) is 0.0711. The van der Waals surface area contributed by atoms with Gasteiger partial charge >= 0.3 is 0 Å².